The van der Waals surface area contributed by atoms with Crippen LogP contribution in [0, 0.1) is 17.6 Å². The predicted molar refractivity (Wildman–Crippen MR) is 109 cm³/mol. The van der Waals surface area contributed by atoms with Gasteiger partial charge in [-0.15, -0.1) is 0 Å². The monoisotopic (exact) mass is 394 g/mol. The molecule has 3 aromatic rings. The highest BCUT2D eigenvalue weighted by Crippen LogP contribution is 2.42. The van der Waals surface area contributed by atoms with Gasteiger partial charge in [-0.25, -0.2) is 8.78 Å². The molecule has 0 radical (unpaired) electrons. The molecule has 0 heterocycles. The van der Waals surface area contributed by atoms with Gasteiger partial charge in [-0.05, 0) is 59.9 Å². The van der Waals surface area contributed by atoms with E-state index in [0.29, 0.717) is 18.1 Å². The predicted octanol–water partition coefficient (Wildman–Crippen LogP) is 6.42. The standard InChI is InChI=1S/C25H24F2O2/c1-16(2)24-22-13-10-20(27)14-18(22)15-23(24)29-25(17-6-4-3-5-7-17)28-21-11-8-19(26)9-12-21/h3-14,16,23-25H,15H2,1-2H3. The van der Waals surface area contributed by atoms with Gasteiger partial charge in [0.2, 0.25) is 6.29 Å². The van der Waals surface area contributed by atoms with E-state index in [1.54, 1.807) is 18.2 Å². The van der Waals surface area contributed by atoms with Crippen LogP contribution in [0.4, 0.5) is 8.78 Å². The molecule has 0 saturated carbocycles. The number of benzene rings is 3. The summed E-state index contributed by atoms with van der Waals surface area (Å²) in [4.78, 5) is 0. The number of ether oxygens (including phenoxy) is 2. The first-order valence-corrected chi connectivity index (χ1v) is 9.92. The minimum atomic E-state index is -0.646. The summed E-state index contributed by atoms with van der Waals surface area (Å²) in [6.07, 6.45) is -0.156. The third-order valence-electron chi connectivity index (χ3n) is 5.43. The van der Waals surface area contributed by atoms with Crippen LogP contribution in [0.1, 0.15) is 42.7 Å². The molecule has 0 saturated heterocycles. The Hall–Kier alpha value is -2.72. The van der Waals surface area contributed by atoms with Crippen molar-refractivity contribution >= 4 is 0 Å². The number of hydrogen-bond acceptors (Lipinski definition) is 2. The van der Waals surface area contributed by atoms with Crippen LogP contribution in [0.2, 0.25) is 0 Å². The Labute approximate surface area is 170 Å². The van der Waals surface area contributed by atoms with Crippen molar-refractivity contribution in [3.8, 4) is 5.75 Å². The summed E-state index contributed by atoms with van der Waals surface area (Å²) in [5.74, 6) is 0.460. The van der Waals surface area contributed by atoms with Crippen molar-refractivity contribution in [1.29, 1.82) is 0 Å². The fourth-order valence-corrected chi connectivity index (χ4v) is 4.12. The van der Waals surface area contributed by atoms with Gasteiger partial charge < -0.3 is 9.47 Å². The lowest BCUT2D eigenvalue weighted by Crippen LogP contribution is -2.27. The highest BCUT2D eigenvalue weighted by molar-refractivity contribution is 5.38. The molecule has 29 heavy (non-hydrogen) atoms. The summed E-state index contributed by atoms with van der Waals surface area (Å²) in [5.41, 5.74) is 3.00. The molecule has 0 bridgehead atoms. The smallest absolute Gasteiger partial charge is 0.227 e. The molecule has 3 aromatic carbocycles. The van der Waals surface area contributed by atoms with Gasteiger partial charge in [-0.1, -0.05) is 50.2 Å². The molecule has 1 aliphatic carbocycles. The van der Waals surface area contributed by atoms with E-state index in [9.17, 15) is 8.78 Å². The molecular formula is C25H24F2O2. The minimum Gasteiger partial charge on any atom is -0.461 e. The molecule has 4 heteroatoms. The quantitative estimate of drug-likeness (QED) is 0.449. The summed E-state index contributed by atoms with van der Waals surface area (Å²) < 4.78 is 39.6. The second-order valence-electron chi connectivity index (χ2n) is 7.81. The maximum atomic E-state index is 13.8. The van der Waals surface area contributed by atoms with Gasteiger partial charge in [0.15, 0.2) is 0 Å². The van der Waals surface area contributed by atoms with E-state index in [1.165, 1.54) is 18.2 Å². The van der Waals surface area contributed by atoms with Crippen LogP contribution < -0.4 is 4.74 Å². The van der Waals surface area contributed by atoms with E-state index >= 15 is 0 Å². The number of fused-ring (bicyclic) bond motifs is 1. The van der Waals surface area contributed by atoms with Gasteiger partial charge in [0.25, 0.3) is 0 Å². The fourth-order valence-electron chi connectivity index (χ4n) is 4.12. The van der Waals surface area contributed by atoms with E-state index in [0.717, 1.165) is 16.7 Å². The highest BCUT2D eigenvalue weighted by atomic mass is 19.1. The second kappa shape index (κ2) is 8.34. The maximum absolute atomic E-state index is 13.8. The largest absolute Gasteiger partial charge is 0.461 e. The molecular weight excluding hydrogens is 370 g/mol. The Morgan fingerprint density at radius 2 is 1.55 bits per heavy atom. The Morgan fingerprint density at radius 1 is 0.862 bits per heavy atom. The van der Waals surface area contributed by atoms with Crippen LogP contribution in [0.25, 0.3) is 0 Å². The number of halogens is 2. The molecule has 4 rings (SSSR count). The highest BCUT2D eigenvalue weighted by Gasteiger charge is 2.37. The summed E-state index contributed by atoms with van der Waals surface area (Å²) in [6.45, 7) is 4.30. The summed E-state index contributed by atoms with van der Waals surface area (Å²) in [6, 6.07) is 20.6. The molecule has 0 spiro atoms. The Morgan fingerprint density at radius 3 is 2.24 bits per heavy atom. The van der Waals surface area contributed by atoms with Gasteiger partial charge >= 0.3 is 0 Å². The lowest BCUT2D eigenvalue weighted by Gasteiger charge is -2.29. The van der Waals surface area contributed by atoms with Gasteiger partial charge in [0.05, 0.1) is 6.10 Å². The maximum Gasteiger partial charge on any atom is 0.227 e. The van der Waals surface area contributed by atoms with Crippen molar-refractivity contribution in [2.45, 2.75) is 38.6 Å². The lowest BCUT2D eigenvalue weighted by molar-refractivity contribution is -0.130. The fraction of sp³-hybridized carbons (Fsp3) is 0.280. The third kappa shape index (κ3) is 4.33. The van der Waals surface area contributed by atoms with E-state index < -0.39 is 6.29 Å². The molecule has 0 aromatic heterocycles. The first-order chi connectivity index (χ1) is 14.0. The van der Waals surface area contributed by atoms with Crippen molar-refractivity contribution in [3.05, 3.63) is 101 Å². The Balaban J connectivity index is 1.62. The molecule has 2 nitrogen and oxygen atoms in total. The minimum absolute atomic E-state index is 0.141. The van der Waals surface area contributed by atoms with Crippen molar-refractivity contribution in [2.75, 3.05) is 0 Å². The lowest BCUT2D eigenvalue weighted by atomic mass is 9.88. The molecule has 0 fully saturated rings. The van der Waals surface area contributed by atoms with E-state index in [2.05, 4.69) is 13.8 Å². The van der Waals surface area contributed by atoms with Crippen LogP contribution >= 0.6 is 0 Å². The SMILES string of the molecule is CC(C)C1c2ccc(F)cc2CC1OC(Oc1ccc(F)cc1)c1ccccc1. The summed E-state index contributed by atoms with van der Waals surface area (Å²) in [7, 11) is 0. The molecule has 3 atom stereocenters. The average Bonchev–Trinajstić information content (AvgIpc) is 3.07. The van der Waals surface area contributed by atoms with Crippen molar-refractivity contribution in [3.63, 3.8) is 0 Å². The topological polar surface area (TPSA) is 18.5 Å². The van der Waals surface area contributed by atoms with Crippen LogP contribution in [0.3, 0.4) is 0 Å². The molecule has 1 aliphatic rings. The first kappa shape index (κ1) is 19.6. The van der Waals surface area contributed by atoms with Crippen LogP contribution in [-0.4, -0.2) is 6.10 Å². The number of rotatable bonds is 6. The Bertz CT molecular complexity index is 954. The molecule has 0 amide bonds. The first-order valence-electron chi connectivity index (χ1n) is 9.92. The molecule has 0 aliphatic heterocycles. The zero-order chi connectivity index (χ0) is 20.4. The van der Waals surface area contributed by atoms with Crippen molar-refractivity contribution in [2.24, 2.45) is 5.92 Å². The van der Waals surface area contributed by atoms with Gasteiger partial charge in [0, 0.05) is 11.5 Å². The van der Waals surface area contributed by atoms with Crippen LogP contribution in [0.5, 0.6) is 5.75 Å². The van der Waals surface area contributed by atoms with E-state index in [4.69, 9.17) is 9.47 Å². The van der Waals surface area contributed by atoms with Crippen LogP contribution in [0.15, 0.2) is 72.8 Å². The van der Waals surface area contributed by atoms with Gasteiger partial charge in [0.1, 0.15) is 17.4 Å². The normalized spacial score (nSPS) is 19.2. The summed E-state index contributed by atoms with van der Waals surface area (Å²) in [5, 5.41) is 0. The molecule has 0 N–H and O–H groups in total. The third-order valence-corrected chi connectivity index (χ3v) is 5.43. The second-order valence-corrected chi connectivity index (χ2v) is 7.81. The van der Waals surface area contributed by atoms with Crippen LogP contribution in [-0.2, 0) is 11.2 Å². The van der Waals surface area contributed by atoms with Gasteiger partial charge in [-0.2, -0.15) is 0 Å². The van der Waals surface area contributed by atoms with Gasteiger partial charge in [-0.3, -0.25) is 0 Å². The Kier molecular flexibility index (Phi) is 5.63. The summed E-state index contributed by atoms with van der Waals surface area (Å²) >= 11 is 0. The van der Waals surface area contributed by atoms with E-state index in [-0.39, 0.29) is 23.7 Å². The average molecular weight is 394 g/mol. The van der Waals surface area contributed by atoms with Crippen molar-refractivity contribution < 1.29 is 18.3 Å². The number of hydrogen-bond donors (Lipinski definition) is 0. The van der Waals surface area contributed by atoms with Crippen molar-refractivity contribution in [1.82, 2.24) is 0 Å². The zero-order valence-corrected chi connectivity index (χ0v) is 16.5. The van der Waals surface area contributed by atoms with E-state index in [1.807, 2.05) is 36.4 Å². The zero-order valence-electron chi connectivity index (χ0n) is 16.5. The molecule has 3 unspecified atom stereocenters. The molecule has 150 valence electrons.